The molecule has 1 aliphatic heterocycles. The molecule has 224 valence electrons. The van der Waals surface area contributed by atoms with Gasteiger partial charge in [0.05, 0.1) is 12.1 Å². The highest BCUT2D eigenvalue weighted by Crippen LogP contribution is 2.20. The van der Waals surface area contributed by atoms with Gasteiger partial charge in [-0.1, -0.05) is 52.0 Å². The number of nitrogens with zero attached hydrogens (tertiary/aromatic N) is 2. The molecule has 3 amide bonds. The van der Waals surface area contributed by atoms with Crippen molar-refractivity contribution in [3.8, 4) is 0 Å². The van der Waals surface area contributed by atoms with Crippen LogP contribution in [0.15, 0.2) is 42.5 Å². The smallest absolute Gasteiger partial charge is 0.246 e. The lowest BCUT2D eigenvalue weighted by atomic mass is 9.97. The number of piperazine rings is 1. The second kappa shape index (κ2) is 15.0. The summed E-state index contributed by atoms with van der Waals surface area (Å²) in [5.74, 6) is -2.76. The number of carbonyl (C=O) groups excluding carboxylic acids is 3. The van der Waals surface area contributed by atoms with E-state index in [0.717, 1.165) is 30.2 Å². The number of aliphatic hydroxyl groups excluding tert-OH is 1. The Bertz CT molecular complexity index is 1190. The van der Waals surface area contributed by atoms with E-state index in [0.29, 0.717) is 19.5 Å². The molecule has 0 bridgehead atoms. The van der Waals surface area contributed by atoms with Crippen molar-refractivity contribution in [2.45, 2.75) is 71.7 Å². The van der Waals surface area contributed by atoms with E-state index in [1.165, 1.54) is 10.5 Å². The fourth-order valence-corrected chi connectivity index (χ4v) is 5.25. The number of aliphatic hydroxyl groups is 1. The van der Waals surface area contributed by atoms with Gasteiger partial charge in [0.15, 0.2) is 0 Å². The second-order valence-electron chi connectivity index (χ2n) is 11.0. The van der Waals surface area contributed by atoms with Crippen molar-refractivity contribution in [3.05, 3.63) is 70.8 Å². The maximum atomic E-state index is 13.9. The number of rotatable bonds is 14. The first-order chi connectivity index (χ1) is 19.5. The molecule has 0 aliphatic carbocycles. The van der Waals surface area contributed by atoms with Crippen molar-refractivity contribution in [1.82, 2.24) is 20.4 Å². The summed E-state index contributed by atoms with van der Waals surface area (Å²) < 4.78 is 27.8. The number of hydrogen-bond acceptors (Lipinski definition) is 5. The molecule has 41 heavy (non-hydrogen) atoms. The molecule has 0 spiro atoms. The van der Waals surface area contributed by atoms with Crippen LogP contribution >= 0.6 is 0 Å². The normalized spacial score (nSPS) is 17.2. The first kappa shape index (κ1) is 32.1. The number of carbonyl (C=O) groups is 3. The van der Waals surface area contributed by atoms with Gasteiger partial charge < -0.3 is 25.5 Å². The zero-order chi connectivity index (χ0) is 30.1. The molecule has 1 fully saturated rings. The summed E-state index contributed by atoms with van der Waals surface area (Å²) in [4.78, 5) is 42.0. The van der Waals surface area contributed by atoms with Crippen molar-refractivity contribution in [1.29, 1.82) is 0 Å². The average molecular weight is 573 g/mol. The molecule has 0 radical (unpaired) electrons. The molecule has 0 aromatic heterocycles. The Morgan fingerprint density at radius 2 is 1.73 bits per heavy atom. The van der Waals surface area contributed by atoms with Crippen LogP contribution in [-0.2, 0) is 33.8 Å². The van der Waals surface area contributed by atoms with E-state index in [2.05, 4.69) is 23.6 Å². The minimum atomic E-state index is -1.11. The van der Waals surface area contributed by atoms with Gasteiger partial charge >= 0.3 is 0 Å². The Kier molecular flexibility index (Phi) is 11.8. The standard InChI is InChI=1S/C31H42F2N4O4/c1-5-10-37-29(40)19-36(31(41)30(37)20(3)4)18-28(39)35-26(14-23-12-24(32)15-25(33)13-23)27(38)17-34-16-22-9-7-8-21(6-2)11-22/h7-9,11-13,15,20,26-27,30,34,38H,5-6,10,14,16-19H2,1-4H3,(H,35,39)/t26-,27-,30-/m0/s1. The van der Waals surface area contributed by atoms with E-state index < -0.39 is 35.7 Å². The van der Waals surface area contributed by atoms with Crippen LogP contribution in [0.1, 0.15) is 50.8 Å². The van der Waals surface area contributed by atoms with Crippen LogP contribution in [0.2, 0.25) is 0 Å². The first-order valence-electron chi connectivity index (χ1n) is 14.3. The van der Waals surface area contributed by atoms with Crippen LogP contribution in [0.5, 0.6) is 0 Å². The van der Waals surface area contributed by atoms with Crippen molar-refractivity contribution < 1.29 is 28.3 Å². The summed E-state index contributed by atoms with van der Waals surface area (Å²) in [5.41, 5.74) is 2.49. The van der Waals surface area contributed by atoms with Gasteiger partial charge in [-0.05, 0) is 54.0 Å². The van der Waals surface area contributed by atoms with Gasteiger partial charge in [-0.3, -0.25) is 14.4 Å². The summed E-state index contributed by atoms with van der Waals surface area (Å²) in [6.07, 6.45) is 0.456. The largest absolute Gasteiger partial charge is 0.390 e. The quantitative estimate of drug-likeness (QED) is 0.323. The van der Waals surface area contributed by atoms with Crippen LogP contribution in [-0.4, -0.2) is 77.0 Å². The van der Waals surface area contributed by atoms with Crippen molar-refractivity contribution in [2.24, 2.45) is 5.92 Å². The molecule has 2 aromatic rings. The molecule has 1 saturated heterocycles. The minimum absolute atomic E-state index is 0.0413. The molecule has 0 saturated carbocycles. The molecule has 1 heterocycles. The van der Waals surface area contributed by atoms with Crippen LogP contribution in [0, 0.1) is 17.6 Å². The highest BCUT2D eigenvalue weighted by Gasteiger charge is 2.41. The average Bonchev–Trinajstić information content (AvgIpc) is 2.90. The molecule has 1 aliphatic rings. The Morgan fingerprint density at radius 1 is 1.05 bits per heavy atom. The summed E-state index contributed by atoms with van der Waals surface area (Å²) in [5, 5.41) is 17.0. The van der Waals surface area contributed by atoms with Gasteiger partial charge in [-0.15, -0.1) is 0 Å². The SMILES string of the molecule is CCCN1C(=O)CN(CC(=O)N[C@@H](Cc2cc(F)cc(F)c2)[C@@H](O)CNCc2cccc(CC)c2)C(=O)[C@@H]1C(C)C. The predicted molar refractivity (Wildman–Crippen MR) is 153 cm³/mol. The number of benzene rings is 2. The van der Waals surface area contributed by atoms with Crippen LogP contribution in [0.3, 0.4) is 0 Å². The fourth-order valence-electron chi connectivity index (χ4n) is 5.25. The summed E-state index contributed by atoms with van der Waals surface area (Å²) >= 11 is 0. The molecular weight excluding hydrogens is 530 g/mol. The third-order valence-corrected chi connectivity index (χ3v) is 7.25. The molecule has 10 heteroatoms. The lowest BCUT2D eigenvalue weighted by molar-refractivity contribution is -0.159. The number of halogens is 2. The number of aryl methyl sites for hydroxylation is 1. The highest BCUT2D eigenvalue weighted by atomic mass is 19.1. The van der Waals surface area contributed by atoms with E-state index in [9.17, 15) is 28.3 Å². The molecule has 3 rings (SSSR count). The predicted octanol–water partition coefficient (Wildman–Crippen LogP) is 2.81. The molecule has 0 unspecified atom stereocenters. The van der Waals surface area contributed by atoms with Gasteiger partial charge in [-0.2, -0.15) is 0 Å². The van der Waals surface area contributed by atoms with Crippen LogP contribution in [0.4, 0.5) is 8.78 Å². The van der Waals surface area contributed by atoms with Gasteiger partial charge in [0.2, 0.25) is 17.7 Å². The van der Waals surface area contributed by atoms with E-state index in [1.54, 1.807) is 4.90 Å². The lowest BCUT2D eigenvalue weighted by Crippen LogP contribution is -2.63. The topological polar surface area (TPSA) is 102 Å². The van der Waals surface area contributed by atoms with E-state index in [-0.39, 0.29) is 49.4 Å². The number of hydrogen-bond donors (Lipinski definition) is 3. The zero-order valence-electron chi connectivity index (χ0n) is 24.3. The number of amides is 3. The van der Waals surface area contributed by atoms with Gasteiger partial charge in [0, 0.05) is 25.7 Å². The fraction of sp³-hybridized carbons (Fsp3) is 0.516. The van der Waals surface area contributed by atoms with Crippen molar-refractivity contribution in [3.63, 3.8) is 0 Å². The van der Waals surface area contributed by atoms with E-state index >= 15 is 0 Å². The Hall–Kier alpha value is -3.37. The van der Waals surface area contributed by atoms with Gasteiger partial charge in [0.25, 0.3) is 0 Å². The Balaban J connectivity index is 1.70. The zero-order valence-corrected chi connectivity index (χ0v) is 24.3. The van der Waals surface area contributed by atoms with Crippen LogP contribution in [0.25, 0.3) is 0 Å². The van der Waals surface area contributed by atoms with Gasteiger partial charge in [-0.25, -0.2) is 8.78 Å². The molecule has 3 atom stereocenters. The third-order valence-electron chi connectivity index (χ3n) is 7.25. The summed E-state index contributed by atoms with van der Waals surface area (Å²) in [6, 6.07) is 9.53. The summed E-state index contributed by atoms with van der Waals surface area (Å²) in [6.45, 7) is 8.18. The van der Waals surface area contributed by atoms with Crippen molar-refractivity contribution >= 4 is 17.7 Å². The minimum Gasteiger partial charge on any atom is -0.390 e. The molecule has 3 N–H and O–H groups in total. The van der Waals surface area contributed by atoms with Gasteiger partial charge in [0.1, 0.15) is 30.8 Å². The molecule has 8 nitrogen and oxygen atoms in total. The third kappa shape index (κ3) is 9.06. The van der Waals surface area contributed by atoms with E-state index in [4.69, 9.17) is 0 Å². The first-order valence-corrected chi connectivity index (χ1v) is 14.3. The Morgan fingerprint density at radius 3 is 2.37 bits per heavy atom. The van der Waals surface area contributed by atoms with Crippen molar-refractivity contribution in [2.75, 3.05) is 26.2 Å². The Labute approximate surface area is 241 Å². The maximum Gasteiger partial charge on any atom is 0.246 e. The van der Waals surface area contributed by atoms with Crippen LogP contribution < -0.4 is 10.6 Å². The second-order valence-corrected chi connectivity index (χ2v) is 11.0. The summed E-state index contributed by atoms with van der Waals surface area (Å²) in [7, 11) is 0. The highest BCUT2D eigenvalue weighted by molar-refractivity contribution is 5.97. The molecular formula is C31H42F2N4O4. The number of nitrogens with one attached hydrogen (secondary N) is 2. The van der Waals surface area contributed by atoms with E-state index in [1.807, 2.05) is 39.0 Å². The maximum absolute atomic E-state index is 13.9. The monoisotopic (exact) mass is 572 g/mol. The molecule has 2 aromatic carbocycles. The lowest BCUT2D eigenvalue weighted by Gasteiger charge is -2.42.